The molecule has 19 heavy (non-hydrogen) atoms. The van der Waals surface area contributed by atoms with Crippen molar-refractivity contribution < 1.29 is 0 Å². The van der Waals surface area contributed by atoms with Crippen LogP contribution in [0.25, 0.3) is 0 Å². The van der Waals surface area contributed by atoms with Gasteiger partial charge in [-0.25, -0.2) is 0 Å². The van der Waals surface area contributed by atoms with Crippen LogP contribution in [0, 0.1) is 28.7 Å². The lowest BCUT2D eigenvalue weighted by atomic mass is 9.98. The number of rotatable bonds is 6. The summed E-state index contributed by atoms with van der Waals surface area (Å²) in [5.74, 6) is 0.496. The second kappa shape index (κ2) is 9.39. The third-order valence-electron chi connectivity index (χ3n) is 3.66. The van der Waals surface area contributed by atoms with Gasteiger partial charge in [0.2, 0.25) is 6.19 Å². The second-order valence-corrected chi connectivity index (χ2v) is 5.15. The van der Waals surface area contributed by atoms with Crippen molar-refractivity contribution in [3.63, 3.8) is 0 Å². The number of hydrogen-bond acceptors (Lipinski definition) is 3. The number of nitrogens with zero attached hydrogens (tertiary/aromatic N) is 4. The van der Waals surface area contributed by atoms with Crippen LogP contribution in [-0.2, 0) is 0 Å². The summed E-state index contributed by atoms with van der Waals surface area (Å²) in [6, 6.07) is 2.34. The van der Waals surface area contributed by atoms with E-state index in [0.717, 1.165) is 45.2 Å². The van der Waals surface area contributed by atoms with Crippen LogP contribution in [0.15, 0.2) is 4.99 Å². The molecule has 0 radical (unpaired) electrons. The van der Waals surface area contributed by atoms with Gasteiger partial charge in [-0.3, -0.25) is 0 Å². The fourth-order valence-corrected chi connectivity index (χ4v) is 2.57. The van der Waals surface area contributed by atoms with E-state index in [2.05, 4.69) is 22.9 Å². The van der Waals surface area contributed by atoms with Crippen molar-refractivity contribution in [2.75, 3.05) is 13.1 Å². The largest absolute Gasteiger partial charge is 0.358 e. The summed E-state index contributed by atoms with van der Waals surface area (Å²) in [6.45, 7) is 4.05. The van der Waals surface area contributed by atoms with E-state index in [1.54, 1.807) is 0 Å². The maximum atomic E-state index is 9.34. The normalized spacial score (nSPS) is 17.6. The maximum Gasteiger partial charge on any atom is 0.207 e. The molecule has 1 saturated heterocycles. The zero-order valence-corrected chi connectivity index (χ0v) is 11.9. The fraction of sp³-hybridized carbons (Fsp3) is 0.800. The van der Waals surface area contributed by atoms with Crippen molar-refractivity contribution in [3.05, 3.63) is 0 Å². The molecule has 0 aromatic heterocycles. The van der Waals surface area contributed by atoms with Gasteiger partial charge in [0.15, 0.2) is 0 Å². The van der Waals surface area contributed by atoms with Gasteiger partial charge in [-0.05, 0) is 25.7 Å². The number of aliphatic imine (C=N–C) groups is 1. The average Bonchev–Trinajstić information content (AvgIpc) is 2.47. The Hall–Kier alpha value is -1.55. The molecule has 104 valence electrons. The smallest absolute Gasteiger partial charge is 0.207 e. The molecule has 0 N–H and O–H groups in total. The quantitative estimate of drug-likeness (QED) is 0.318. The van der Waals surface area contributed by atoms with Crippen LogP contribution >= 0.6 is 0 Å². The third kappa shape index (κ3) is 5.30. The molecule has 0 aromatic carbocycles. The number of nitriles is 2. The number of likely N-dealkylation sites (tertiary alicyclic amines) is 1. The van der Waals surface area contributed by atoms with Crippen LogP contribution in [0.4, 0.5) is 0 Å². The highest BCUT2D eigenvalue weighted by molar-refractivity contribution is 5.87. The summed E-state index contributed by atoms with van der Waals surface area (Å²) in [4.78, 5) is 6.08. The van der Waals surface area contributed by atoms with E-state index in [1.165, 1.54) is 19.3 Å². The van der Waals surface area contributed by atoms with Gasteiger partial charge in [-0.1, -0.05) is 32.6 Å². The second-order valence-electron chi connectivity index (χ2n) is 5.15. The van der Waals surface area contributed by atoms with Crippen LogP contribution < -0.4 is 0 Å². The summed E-state index contributed by atoms with van der Waals surface area (Å²) in [5, 5.41) is 18.2. The van der Waals surface area contributed by atoms with Gasteiger partial charge < -0.3 is 4.90 Å². The van der Waals surface area contributed by atoms with Crippen molar-refractivity contribution in [2.24, 2.45) is 10.9 Å². The highest BCUT2D eigenvalue weighted by Gasteiger charge is 2.23. The Morgan fingerprint density at radius 2 is 1.89 bits per heavy atom. The van der Waals surface area contributed by atoms with Gasteiger partial charge in [-0.2, -0.15) is 15.5 Å². The molecule has 1 aliphatic rings. The highest BCUT2D eigenvalue weighted by Crippen LogP contribution is 2.18. The van der Waals surface area contributed by atoms with Crippen molar-refractivity contribution in [1.29, 1.82) is 10.5 Å². The number of unbranched alkanes of at least 4 members (excludes halogenated alkanes) is 3. The molecule has 4 heteroatoms. The third-order valence-corrected chi connectivity index (χ3v) is 3.66. The van der Waals surface area contributed by atoms with E-state index in [1.807, 2.05) is 6.19 Å². The number of piperidine rings is 1. The minimum Gasteiger partial charge on any atom is -0.358 e. The lowest BCUT2D eigenvalue weighted by Gasteiger charge is -2.31. The lowest BCUT2D eigenvalue weighted by molar-refractivity contribution is 0.329. The molecule has 1 unspecified atom stereocenters. The van der Waals surface area contributed by atoms with E-state index in [9.17, 15) is 5.26 Å². The van der Waals surface area contributed by atoms with Gasteiger partial charge in [0.05, 0.1) is 6.07 Å². The molecule has 4 nitrogen and oxygen atoms in total. The molecule has 0 aliphatic carbocycles. The van der Waals surface area contributed by atoms with Crippen molar-refractivity contribution in [2.45, 2.75) is 58.3 Å². The van der Waals surface area contributed by atoms with Crippen LogP contribution in [-0.4, -0.2) is 23.8 Å². The zero-order chi connectivity index (χ0) is 13.9. The molecule has 1 heterocycles. The lowest BCUT2D eigenvalue weighted by Crippen LogP contribution is -2.39. The predicted molar refractivity (Wildman–Crippen MR) is 76.3 cm³/mol. The molecule has 0 amide bonds. The van der Waals surface area contributed by atoms with E-state index in [4.69, 9.17) is 5.26 Å². The Kier molecular flexibility index (Phi) is 7.66. The van der Waals surface area contributed by atoms with Gasteiger partial charge in [0.1, 0.15) is 11.8 Å². The molecular formula is C15H24N4. The topological polar surface area (TPSA) is 63.2 Å². The monoisotopic (exact) mass is 260 g/mol. The van der Waals surface area contributed by atoms with Gasteiger partial charge in [0.25, 0.3) is 0 Å². The molecular weight excluding hydrogens is 236 g/mol. The molecule has 1 fully saturated rings. The minimum atomic E-state index is -0.213. The SMILES string of the molecule is CCCCCCC(C#N)C(=NC#N)N1CCCCC1. The molecule has 1 aliphatic heterocycles. The fourth-order valence-electron chi connectivity index (χ4n) is 2.57. The van der Waals surface area contributed by atoms with Gasteiger partial charge >= 0.3 is 0 Å². The Morgan fingerprint density at radius 1 is 1.16 bits per heavy atom. The number of amidine groups is 1. The Bertz CT molecular complexity index is 355. The van der Waals surface area contributed by atoms with Gasteiger partial charge in [-0.15, -0.1) is 0 Å². The van der Waals surface area contributed by atoms with Crippen molar-refractivity contribution in [3.8, 4) is 12.3 Å². The first-order valence-corrected chi connectivity index (χ1v) is 7.44. The molecule has 1 rings (SSSR count). The molecule has 0 spiro atoms. The maximum absolute atomic E-state index is 9.34. The molecule has 0 bridgehead atoms. The summed E-state index contributed by atoms with van der Waals surface area (Å²) in [5.41, 5.74) is 0. The Balaban J connectivity index is 2.59. The van der Waals surface area contributed by atoms with E-state index in [-0.39, 0.29) is 5.92 Å². The van der Waals surface area contributed by atoms with Gasteiger partial charge in [0, 0.05) is 13.1 Å². The van der Waals surface area contributed by atoms with Crippen molar-refractivity contribution >= 4 is 5.84 Å². The Morgan fingerprint density at radius 3 is 2.47 bits per heavy atom. The summed E-state index contributed by atoms with van der Waals surface area (Å²) < 4.78 is 0. The molecule has 0 aromatic rings. The first-order valence-electron chi connectivity index (χ1n) is 7.44. The van der Waals surface area contributed by atoms with Crippen LogP contribution in [0.2, 0.25) is 0 Å². The highest BCUT2D eigenvalue weighted by atomic mass is 15.2. The standard InChI is InChI=1S/C15H24N4/c1-2-3-4-6-9-14(12-16)15(18-13-17)19-10-7-5-8-11-19/h14H,2-11H2,1H3. The zero-order valence-electron chi connectivity index (χ0n) is 11.9. The van der Waals surface area contributed by atoms with Crippen LogP contribution in [0.3, 0.4) is 0 Å². The van der Waals surface area contributed by atoms with Crippen LogP contribution in [0.1, 0.15) is 58.3 Å². The molecule has 1 atom stereocenters. The van der Waals surface area contributed by atoms with Crippen molar-refractivity contribution in [1.82, 2.24) is 4.90 Å². The molecule has 0 saturated carbocycles. The van der Waals surface area contributed by atoms with Crippen LogP contribution in [0.5, 0.6) is 0 Å². The first-order chi connectivity index (χ1) is 9.33. The first kappa shape index (κ1) is 15.5. The van der Waals surface area contributed by atoms with E-state index >= 15 is 0 Å². The summed E-state index contributed by atoms with van der Waals surface area (Å²) in [7, 11) is 0. The average molecular weight is 260 g/mol. The minimum absolute atomic E-state index is 0.213. The van der Waals surface area contributed by atoms with E-state index in [0.29, 0.717) is 5.84 Å². The summed E-state index contributed by atoms with van der Waals surface area (Å²) in [6.07, 6.45) is 10.8. The number of hydrogen-bond donors (Lipinski definition) is 0. The van der Waals surface area contributed by atoms with E-state index < -0.39 is 0 Å². The predicted octanol–water partition coefficient (Wildman–Crippen LogP) is 3.46. The summed E-state index contributed by atoms with van der Waals surface area (Å²) >= 11 is 0. The Labute approximate surface area is 116 Å².